The van der Waals surface area contributed by atoms with Crippen molar-refractivity contribution in [3.8, 4) is 17.6 Å². The standard InChI is InChI=1S/C15H13BrN2O2/c1-9(15-13(19)3-2-4-14(15)20)18-12-6-5-10(8-17)7-11(12)16/h2-7,9,18-20H,1H3. The minimum Gasteiger partial charge on any atom is -0.507 e. The summed E-state index contributed by atoms with van der Waals surface area (Å²) in [5, 5.41) is 31.7. The summed E-state index contributed by atoms with van der Waals surface area (Å²) in [6.45, 7) is 1.83. The third kappa shape index (κ3) is 2.86. The maximum absolute atomic E-state index is 9.84. The summed E-state index contributed by atoms with van der Waals surface area (Å²) >= 11 is 3.39. The smallest absolute Gasteiger partial charge is 0.124 e. The van der Waals surface area contributed by atoms with E-state index in [0.717, 1.165) is 10.2 Å². The summed E-state index contributed by atoms with van der Waals surface area (Å²) in [4.78, 5) is 0. The summed E-state index contributed by atoms with van der Waals surface area (Å²) in [6, 6.07) is 11.6. The van der Waals surface area contributed by atoms with E-state index in [1.54, 1.807) is 24.3 Å². The summed E-state index contributed by atoms with van der Waals surface area (Å²) in [5.74, 6) is 0.0736. The molecule has 0 fully saturated rings. The fourth-order valence-electron chi connectivity index (χ4n) is 1.99. The van der Waals surface area contributed by atoms with Crippen LogP contribution in [0.25, 0.3) is 0 Å². The van der Waals surface area contributed by atoms with Crippen molar-refractivity contribution in [2.45, 2.75) is 13.0 Å². The predicted molar refractivity (Wildman–Crippen MR) is 80.7 cm³/mol. The number of nitrogens with one attached hydrogen (secondary N) is 1. The van der Waals surface area contributed by atoms with Gasteiger partial charge in [-0.05, 0) is 53.2 Å². The molecule has 4 nitrogen and oxygen atoms in total. The average molecular weight is 333 g/mol. The second-order valence-electron chi connectivity index (χ2n) is 4.38. The van der Waals surface area contributed by atoms with Gasteiger partial charge in [0, 0.05) is 10.2 Å². The number of nitrogens with zero attached hydrogens (tertiary/aromatic N) is 1. The molecule has 0 aromatic heterocycles. The number of anilines is 1. The number of phenols is 2. The quantitative estimate of drug-likeness (QED) is 0.796. The van der Waals surface area contributed by atoms with Gasteiger partial charge in [0.15, 0.2) is 0 Å². The van der Waals surface area contributed by atoms with Crippen LogP contribution in [0.4, 0.5) is 5.69 Å². The highest BCUT2D eigenvalue weighted by atomic mass is 79.9. The first-order chi connectivity index (χ1) is 9.52. The van der Waals surface area contributed by atoms with E-state index in [1.165, 1.54) is 12.1 Å². The SMILES string of the molecule is CC(Nc1ccc(C#N)cc1Br)c1c(O)cccc1O. The predicted octanol–water partition coefficient (Wildman–Crippen LogP) is 3.91. The Balaban J connectivity index is 2.28. The van der Waals surface area contributed by atoms with Crippen LogP contribution < -0.4 is 5.32 Å². The van der Waals surface area contributed by atoms with Crippen molar-refractivity contribution < 1.29 is 10.2 Å². The van der Waals surface area contributed by atoms with Gasteiger partial charge in [-0.25, -0.2) is 0 Å². The van der Waals surface area contributed by atoms with E-state index >= 15 is 0 Å². The third-order valence-corrected chi connectivity index (χ3v) is 3.62. The van der Waals surface area contributed by atoms with Gasteiger partial charge in [0.1, 0.15) is 11.5 Å². The molecule has 0 radical (unpaired) electrons. The molecule has 0 aliphatic rings. The topological polar surface area (TPSA) is 76.3 Å². The van der Waals surface area contributed by atoms with Crippen LogP contribution in [0.2, 0.25) is 0 Å². The highest BCUT2D eigenvalue weighted by Crippen LogP contribution is 2.35. The minimum absolute atomic E-state index is 0.0368. The Bertz CT molecular complexity index is 660. The molecule has 102 valence electrons. The van der Waals surface area contributed by atoms with E-state index in [2.05, 4.69) is 27.3 Å². The van der Waals surface area contributed by atoms with E-state index in [9.17, 15) is 10.2 Å². The van der Waals surface area contributed by atoms with Crippen molar-refractivity contribution >= 4 is 21.6 Å². The van der Waals surface area contributed by atoms with Gasteiger partial charge >= 0.3 is 0 Å². The van der Waals surface area contributed by atoms with E-state index < -0.39 is 0 Å². The normalized spacial score (nSPS) is 11.7. The number of aromatic hydroxyl groups is 2. The molecule has 3 N–H and O–H groups in total. The average Bonchev–Trinajstić information content (AvgIpc) is 2.41. The van der Waals surface area contributed by atoms with Gasteiger partial charge in [-0.2, -0.15) is 5.26 Å². The third-order valence-electron chi connectivity index (χ3n) is 2.96. The van der Waals surface area contributed by atoms with Gasteiger partial charge in [0.2, 0.25) is 0 Å². The largest absolute Gasteiger partial charge is 0.507 e. The lowest BCUT2D eigenvalue weighted by Crippen LogP contribution is -2.07. The Kier molecular flexibility index (Phi) is 4.16. The van der Waals surface area contributed by atoms with Crippen molar-refractivity contribution in [3.05, 3.63) is 52.0 Å². The molecular formula is C15H13BrN2O2. The summed E-state index contributed by atoms with van der Waals surface area (Å²) < 4.78 is 0.748. The first-order valence-electron chi connectivity index (χ1n) is 6.00. The van der Waals surface area contributed by atoms with Crippen molar-refractivity contribution in [2.75, 3.05) is 5.32 Å². The first-order valence-corrected chi connectivity index (χ1v) is 6.79. The molecular weight excluding hydrogens is 320 g/mol. The molecule has 1 unspecified atom stereocenters. The van der Waals surface area contributed by atoms with Crippen molar-refractivity contribution in [3.63, 3.8) is 0 Å². The van der Waals surface area contributed by atoms with Gasteiger partial charge in [-0.15, -0.1) is 0 Å². The lowest BCUT2D eigenvalue weighted by atomic mass is 10.1. The van der Waals surface area contributed by atoms with E-state index in [4.69, 9.17) is 5.26 Å². The zero-order valence-electron chi connectivity index (χ0n) is 10.8. The molecule has 5 heteroatoms. The van der Waals surface area contributed by atoms with Gasteiger partial charge in [0.05, 0.1) is 23.2 Å². The number of hydrogen-bond acceptors (Lipinski definition) is 4. The molecule has 20 heavy (non-hydrogen) atoms. The van der Waals surface area contributed by atoms with Crippen molar-refractivity contribution in [2.24, 2.45) is 0 Å². The lowest BCUT2D eigenvalue weighted by Gasteiger charge is -2.19. The molecule has 2 aromatic carbocycles. The Labute approximate surface area is 125 Å². The molecule has 0 amide bonds. The molecule has 2 aromatic rings. The van der Waals surface area contributed by atoms with Gasteiger partial charge in [0.25, 0.3) is 0 Å². The molecule has 0 saturated heterocycles. The van der Waals surface area contributed by atoms with Crippen LogP contribution >= 0.6 is 15.9 Å². The molecule has 0 bridgehead atoms. The number of rotatable bonds is 3. The zero-order valence-corrected chi connectivity index (χ0v) is 12.3. The number of nitriles is 1. The van der Waals surface area contributed by atoms with Gasteiger partial charge in [-0.3, -0.25) is 0 Å². The maximum atomic E-state index is 9.84. The number of halogens is 1. The van der Waals surface area contributed by atoms with Crippen LogP contribution in [0.1, 0.15) is 24.1 Å². The van der Waals surface area contributed by atoms with Gasteiger partial charge in [-0.1, -0.05) is 6.07 Å². The Hall–Kier alpha value is -2.19. The fraction of sp³-hybridized carbons (Fsp3) is 0.133. The Morgan fingerprint density at radius 1 is 1.20 bits per heavy atom. The number of hydrogen-bond donors (Lipinski definition) is 3. The molecule has 1 atom stereocenters. The van der Waals surface area contributed by atoms with Crippen LogP contribution in [0.15, 0.2) is 40.9 Å². The second kappa shape index (κ2) is 5.85. The molecule has 2 rings (SSSR count). The number of phenolic OH excluding ortho intramolecular Hbond substituents is 2. The summed E-state index contributed by atoms with van der Waals surface area (Å²) in [7, 11) is 0. The first kappa shape index (κ1) is 14.2. The maximum Gasteiger partial charge on any atom is 0.124 e. The van der Waals surface area contributed by atoms with Crippen LogP contribution in [0.5, 0.6) is 11.5 Å². The van der Waals surface area contributed by atoms with E-state index in [-0.39, 0.29) is 17.5 Å². The highest BCUT2D eigenvalue weighted by Gasteiger charge is 2.15. The van der Waals surface area contributed by atoms with Crippen LogP contribution in [0, 0.1) is 11.3 Å². The molecule has 0 aliphatic heterocycles. The van der Waals surface area contributed by atoms with E-state index in [1.807, 2.05) is 6.92 Å². The van der Waals surface area contributed by atoms with Crippen molar-refractivity contribution in [1.29, 1.82) is 5.26 Å². The van der Waals surface area contributed by atoms with Crippen molar-refractivity contribution in [1.82, 2.24) is 0 Å². The molecule has 0 spiro atoms. The Morgan fingerprint density at radius 3 is 2.40 bits per heavy atom. The monoisotopic (exact) mass is 332 g/mol. The van der Waals surface area contributed by atoms with E-state index in [0.29, 0.717) is 11.1 Å². The Morgan fingerprint density at radius 2 is 1.85 bits per heavy atom. The fourth-order valence-corrected chi connectivity index (χ4v) is 2.49. The highest BCUT2D eigenvalue weighted by molar-refractivity contribution is 9.10. The summed E-state index contributed by atoms with van der Waals surface area (Å²) in [6.07, 6.45) is 0. The van der Waals surface area contributed by atoms with Crippen LogP contribution in [-0.4, -0.2) is 10.2 Å². The zero-order chi connectivity index (χ0) is 14.7. The molecule has 0 saturated carbocycles. The molecule has 0 heterocycles. The van der Waals surface area contributed by atoms with Gasteiger partial charge < -0.3 is 15.5 Å². The molecule has 0 aliphatic carbocycles. The summed E-state index contributed by atoms with van der Waals surface area (Å²) in [5.41, 5.74) is 1.77. The number of benzene rings is 2. The van der Waals surface area contributed by atoms with Crippen LogP contribution in [0.3, 0.4) is 0 Å². The lowest BCUT2D eigenvalue weighted by molar-refractivity contribution is 0.434. The second-order valence-corrected chi connectivity index (χ2v) is 5.24. The minimum atomic E-state index is -0.291. The van der Waals surface area contributed by atoms with Crippen LogP contribution in [-0.2, 0) is 0 Å².